The van der Waals surface area contributed by atoms with E-state index in [-0.39, 0.29) is 22.8 Å². The number of ether oxygens (including phenoxy) is 2. The van der Waals surface area contributed by atoms with Gasteiger partial charge in [-0.1, -0.05) is 6.07 Å². The fourth-order valence-electron chi connectivity index (χ4n) is 2.29. The highest BCUT2D eigenvalue weighted by Crippen LogP contribution is 2.31. The number of hydrogen-bond donors (Lipinski definition) is 0. The van der Waals surface area contributed by atoms with Gasteiger partial charge in [0.2, 0.25) is 5.88 Å². The van der Waals surface area contributed by atoms with E-state index in [2.05, 4.69) is 20.0 Å². The molecule has 1 aromatic carbocycles. The van der Waals surface area contributed by atoms with E-state index >= 15 is 0 Å². The molecule has 0 fully saturated rings. The lowest BCUT2D eigenvalue weighted by Crippen LogP contribution is -2.13. The van der Waals surface area contributed by atoms with Gasteiger partial charge in [0.25, 0.3) is 5.82 Å². The lowest BCUT2D eigenvalue weighted by Gasteiger charge is -2.12. The highest BCUT2D eigenvalue weighted by Gasteiger charge is 2.38. The molecule has 136 valence electrons. The first-order chi connectivity index (χ1) is 12.2. The molecule has 0 amide bonds. The zero-order valence-electron chi connectivity index (χ0n) is 14.0. The minimum absolute atomic E-state index is 0.00881. The number of hydrogen-bond acceptors (Lipinski definition) is 6. The van der Waals surface area contributed by atoms with E-state index in [0.29, 0.717) is 15.6 Å². The second-order valence-corrected chi connectivity index (χ2v) is 5.43. The molecule has 0 atom stereocenters. The first kappa shape index (κ1) is 17.6. The molecule has 0 aliphatic heterocycles. The van der Waals surface area contributed by atoms with Crippen LogP contribution in [-0.2, 0) is 10.9 Å². The Morgan fingerprint density at radius 1 is 1.15 bits per heavy atom. The van der Waals surface area contributed by atoms with Crippen LogP contribution < -0.4 is 4.74 Å². The number of benzene rings is 1. The number of carbonyl (C=O) groups excluding carboxylic acids is 1. The Labute approximate surface area is 145 Å². The molecule has 0 radical (unpaired) electrons. The van der Waals surface area contributed by atoms with E-state index in [0.717, 1.165) is 0 Å². The lowest BCUT2D eigenvalue weighted by atomic mass is 10.2. The van der Waals surface area contributed by atoms with Crippen LogP contribution in [0.25, 0.3) is 5.65 Å². The van der Waals surface area contributed by atoms with Gasteiger partial charge in [-0.3, -0.25) is 0 Å². The van der Waals surface area contributed by atoms with Crippen LogP contribution in [0, 0.1) is 13.8 Å². The van der Waals surface area contributed by atoms with Gasteiger partial charge in [-0.15, -0.1) is 15.3 Å². The number of alkyl halides is 3. The summed E-state index contributed by atoms with van der Waals surface area (Å²) in [5, 5.41) is 10.6. The smallest absolute Gasteiger partial charge is 0.453 e. The molecule has 0 unspecified atom stereocenters. The van der Waals surface area contributed by atoms with Crippen LogP contribution in [0.5, 0.6) is 11.6 Å². The lowest BCUT2D eigenvalue weighted by molar-refractivity contribution is -0.146. The number of aryl methyl sites for hydroxylation is 1. The molecule has 10 heteroatoms. The maximum Gasteiger partial charge on any atom is 0.453 e. The van der Waals surface area contributed by atoms with Crippen molar-refractivity contribution in [1.29, 1.82) is 0 Å². The van der Waals surface area contributed by atoms with Crippen LogP contribution in [0.3, 0.4) is 0 Å². The van der Waals surface area contributed by atoms with E-state index in [1.807, 2.05) is 0 Å². The summed E-state index contributed by atoms with van der Waals surface area (Å²) in [6.07, 6.45) is -4.71. The molecule has 3 aromatic rings. The van der Waals surface area contributed by atoms with Crippen LogP contribution in [0.4, 0.5) is 13.2 Å². The number of rotatable bonds is 3. The maximum absolute atomic E-state index is 13.1. The van der Waals surface area contributed by atoms with Crippen LogP contribution in [-0.4, -0.2) is 32.9 Å². The highest BCUT2D eigenvalue weighted by atomic mass is 19.4. The van der Waals surface area contributed by atoms with Gasteiger partial charge in [-0.25, -0.2) is 4.79 Å². The molecule has 26 heavy (non-hydrogen) atoms. The van der Waals surface area contributed by atoms with E-state index < -0.39 is 18.0 Å². The third-order valence-electron chi connectivity index (χ3n) is 3.77. The fraction of sp³-hybridized carbons (Fsp3) is 0.250. The van der Waals surface area contributed by atoms with Gasteiger partial charge < -0.3 is 9.47 Å². The number of esters is 1. The Balaban J connectivity index is 2.08. The van der Waals surface area contributed by atoms with Crippen molar-refractivity contribution in [2.24, 2.45) is 0 Å². The molecule has 2 aromatic heterocycles. The Morgan fingerprint density at radius 3 is 2.54 bits per heavy atom. The molecule has 0 bridgehead atoms. The van der Waals surface area contributed by atoms with Gasteiger partial charge in [0.1, 0.15) is 5.75 Å². The zero-order chi connectivity index (χ0) is 19.1. The Morgan fingerprint density at radius 2 is 1.88 bits per heavy atom. The van der Waals surface area contributed by atoms with Gasteiger partial charge in [0, 0.05) is 11.1 Å². The molecule has 0 N–H and O–H groups in total. The van der Waals surface area contributed by atoms with Gasteiger partial charge in [-0.2, -0.15) is 17.7 Å². The SMILES string of the molecule is COC(=O)c1cccc(Oc2nn3c(C(F)(F)F)nnc3c(C)c2C)c1. The number of carbonyl (C=O) groups is 1. The third kappa shape index (κ3) is 3.05. The predicted octanol–water partition coefficient (Wildman–Crippen LogP) is 3.34. The van der Waals surface area contributed by atoms with Gasteiger partial charge in [0.05, 0.1) is 12.7 Å². The first-order valence-corrected chi connectivity index (χ1v) is 7.38. The van der Waals surface area contributed by atoms with Gasteiger partial charge >= 0.3 is 12.1 Å². The van der Waals surface area contributed by atoms with Crippen LogP contribution >= 0.6 is 0 Å². The molecule has 0 saturated heterocycles. The minimum atomic E-state index is -4.71. The summed E-state index contributed by atoms with van der Waals surface area (Å²) in [4.78, 5) is 11.6. The second kappa shape index (κ2) is 6.28. The average Bonchev–Trinajstić information content (AvgIpc) is 3.03. The summed E-state index contributed by atoms with van der Waals surface area (Å²) in [6, 6.07) is 6.03. The van der Waals surface area contributed by atoms with Crippen molar-refractivity contribution >= 4 is 11.6 Å². The van der Waals surface area contributed by atoms with Crippen molar-refractivity contribution in [1.82, 2.24) is 19.8 Å². The largest absolute Gasteiger partial charge is 0.465 e. The number of fused-ring (bicyclic) bond motifs is 1. The van der Waals surface area contributed by atoms with Crippen LogP contribution in [0.15, 0.2) is 24.3 Å². The fourth-order valence-corrected chi connectivity index (χ4v) is 2.29. The highest BCUT2D eigenvalue weighted by molar-refractivity contribution is 5.89. The summed E-state index contributed by atoms with van der Waals surface area (Å²) in [5.74, 6) is -1.64. The maximum atomic E-state index is 13.1. The average molecular weight is 366 g/mol. The summed E-state index contributed by atoms with van der Waals surface area (Å²) < 4.78 is 50.0. The zero-order valence-corrected chi connectivity index (χ0v) is 14.0. The standard InChI is InChI=1S/C16H13F3N4O3/c1-8-9(2)13(22-23-12(8)20-21-15(23)16(17,18)19)26-11-6-4-5-10(7-11)14(24)25-3/h4-7H,1-3H3. The van der Waals surface area contributed by atoms with E-state index in [1.165, 1.54) is 19.2 Å². The molecule has 0 saturated carbocycles. The molecule has 0 aliphatic rings. The molecular formula is C16H13F3N4O3. The predicted molar refractivity (Wildman–Crippen MR) is 83.1 cm³/mol. The summed E-state index contributed by atoms with van der Waals surface area (Å²) in [5.41, 5.74) is 1.18. The molecule has 7 nitrogen and oxygen atoms in total. The molecule has 0 aliphatic carbocycles. The molecular weight excluding hydrogens is 353 g/mol. The monoisotopic (exact) mass is 366 g/mol. The van der Waals surface area contributed by atoms with Crippen molar-refractivity contribution in [2.75, 3.05) is 7.11 Å². The van der Waals surface area contributed by atoms with E-state index in [1.54, 1.807) is 26.0 Å². The molecule has 3 rings (SSSR count). The number of methoxy groups -OCH3 is 1. The third-order valence-corrected chi connectivity index (χ3v) is 3.77. The summed E-state index contributed by atoms with van der Waals surface area (Å²) in [7, 11) is 1.24. The molecule has 2 heterocycles. The van der Waals surface area contributed by atoms with Crippen molar-refractivity contribution in [3.8, 4) is 11.6 Å². The van der Waals surface area contributed by atoms with Gasteiger partial charge in [-0.05, 0) is 32.0 Å². The number of halogens is 3. The summed E-state index contributed by atoms with van der Waals surface area (Å²) >= 11 is 0. The first-order valence-electron chi connectivity index (χ1n) is 7.38. The van der Waals surface area contributed by atoms with E-state index in [9.17, 15) is 18.0 Å². The van der Waals surface area contributed by atoms with Crippen molar-refractivity contribution in [2.45, 2.75) is 20.0 Å². The van der Waals surface area contributed by atoms with Crippen molar-refractivity contribution < 1.29 is 27.4 Å². The normalized spacial score (nSPS) is 11.6. The topological polar surface area (TPSA) is 78.6 Å². The second-order valence-electron chi connectivity index (χ2n) is 5.43. The van der Waals surface area contributed by atoms with Crippen molar-refractivity contribution in [3.63, 3.8) is 0 Å². The minimum Gasteiger partial charge on any atom is -0.465 e. The quantitative estimate of drug-likeness (QED) is 0.662. The summed E-state index contributed by atoms with van der Waals surface area (Å²) in [6.45, 7) is 3.24. The number of nitrogens with zero attached hydrogens (tertiary/aromatic N) is 4. The van der Waals surface area contributed by atoms with Crippen LogP contribution in [0.2, 0.25) is 0 Å². The Hall–Kier alpha value is -3.17. The Bertz CT molecular complexity index is 998. The van der Waals surface area contributed by atoms with Crippen molar-refractivity contribution in [3.05, 3.63) is 46.8 Å². The van der Waals surface area contributed by atoms with Crippen LogP contribution in [0.1, 0.15) is 27.3 Å². The Kier molecular flexibility index (Phi) is 4.26. The molecule has 0 spiro atoms. The van der Waals surface area contributed by atoms with Gasteiger partial charge in [0.15, 0.2) is 5.65 Å². The van der Waals surface area contributed by atoms with E-state index in [4.69, 9.17) is 4.74 Å². The number of aromatic nitrogens is 4.